The largest absolute Gasteiger partial charge is 2.00 e. The minimum atomic E-state index is -4.52. The second-order valence-corrected chi connectivity index (χ2v) is 17.7. The van der Waals surface area contributed by atoms with Crippen LogP contribution in [0.3, 0.4) is 0 Å². The van der Waals surface area contributed by atoms with Crippen molar-refractivity contribution in [2.45, 2.75) is 9.79 Å². The van der Waals surface area contributed by atoms with E-state index in [4.69, 9.17) is 0 Å². The van der Waals surface area contributed by atoms with E-state index < -0.39 is 36.1 Å². The van der Waals surface area contributed by atoms with Crippen molar-refractivity contribution in [2.75, 3.05) is 0 Å². The van der Waals surface area contributed by atoms with Gasteiger partial charge >= 0.3 is 20.4 Å². The van der Waals surface area contributed by atoms with Crippen molar-refractivity contribution >= 4 is 67.9 Å². The third-order valence-corrected chi connectivity index (χ3v) is 14.8. The van der Waals surface area contributed by atoms with Crippen LogP contribution >= 0.6 is 15.8 Å². The van der Waals surface area contributed by atoms with E-state index in [2.05, 4.69) is 0 Å². The molecule has 6 aromatic carbocycles. The maximum Gasteiger partial charge on any atom is 2.00 e. The molecule has 0 bridgehead atoms. The second-order valence-electron chi connectivity index (χ2n) is 10.1. The van der Waals surface area contributed by atoms with Gasteiger partial charge < -0.3 is 9.11 Å². The summed E-state index contributed by atoms with van der Waals surface area (Å²) in [6.07, 6.45) is 0. The van der Waals surface area contributed by atoms with E-state index in [0.717, 1.165) is 21.2 Å². The Morgan fingerprint density at radius 1 is 0.340 bits per heavy atom. The van der Waals surface area contributed by atoms with Crippen LogP contribution in [0.25, 0.3) is 0 Å². The molecule has 240 valence electrons. The zero-order chi connectivity index (χ0) is 32.6. The first kappa shape index (κ1) is 36.5. The van der Waals surface area contributed by atoms with Gasteiger partial charge in [0.25, 0.3) is 0 Å². The van der Waals surface area contributed by atoms with Crippen molar-refractivity contribution < 1.29 is 46.4 Å². The monoisotopic (exact) mass is 790 g/mol. The van der Waals surface area contributed by atoms with Crippen LogP contribution in [0.15, 0.2) is 180 Å². The molecule has 6 rings (SSSR count). The topological polar surface area (TPSA) is 114 Å². The Bertz CT molecular complexity index is 1870. The molecule has 47 heavy (non-hydrogen) atoms. The molecule has 0 amide bonds. The summed E-state index contributed by atoms with van der Waals surface area (Å²) >= 11 is 0. The molecule has 0 unspecified atom stereocenters. The SMILES string of the molecule is O=S(=O)([O-])c1ccccc1[PH+](c1ccccc1)c1ccccc1.O=S(=O)([O-])c1ccccc1[PH+](c1ccccc1)c1ccccc1.[Pd+2]. The molecule has 0 atom stereocenters. The predicted molar refractivity (Wildman–Crippen MR) is 189 cm³/mol. The first-order valence-corrected chi connectivity index (χ1v) is 20.0. The van der Waals surface area contributed by atoms with Gasteiger partial charge in [0.1, 0.15) is 52.1 Å². The standard InChI is InChI=1S/2C18H15O3PS.Pd/c2*19-23(20,21)18-14-8-7-13-17(18)22(15-9-3-1-4-10-15)16-11-5-2-6-12-16;/h2*1-14H,(H,19,20,21);/q;;+2. The third kappa shape index (κ3) is 9.39. The van der Waals surface area contributed by atoms with Gasteiger partial charge in [0.2, 0.25) is 0 Å². The first-order valence-electron chi connectivity index (χ1n) is 14.2. The Balaban J connectivity index is 0.000000208. The summed E-state index contributed by atoms with van der Waals surface area (Å²) in [6, 6.07) is 52.0. The van der Waals surface area contributed by atoms with E-state index in [1.807, 2.05) is 121 Å². The van der Waals surface area contributed by atoms with Gasteiger partial charge in [-0.05, 0) is 72.8 Å². The number of hydrogen-bond donors (Lipinski definition) is 0. The van der Waals surface area contributed by atoms with Gasteiger partial charge in [0.15, 0.2) is 0 Å². The van der Waals surface area contributed by atoms with Crippen molar-refractivity contribution in [2.24, 2.45) is 0 Å². The molecular formula is C36H30O6P2PdS2+2. The molecule has 0 aliphatic rings. The predicted octanol–water partition coefficient (Wildman–Crippen LogP) is 4.16. The molecule has 0 aliphatic heterocycles. The van der Waals surface area contributed by atoms with Gasteiger partial charge in [0, 0.05) is 0 Å². The molecule has 0 fully saturated rings. The average Bonchev–Trinajstić information content (AvgIpc) is 3.07. The fourth-order valence-corrected chi connectivity index (χ4v) is 12.9. The molecule has 0 radical (unpaired) electrons. The molecule has 6 nitrogen and oxygen atoms in total. The Morgan fingerprint density at radius 3 is 0.787 bits per heavy atom. The van der Waals surface area contributed by atoms with Gasteiger partial charge in [0.05, 0.1) is 25.6 Å². The van der Waals surface area contributed by atoms with Crippen LogP contribution in [-0.2, 0) is 40.7 Å². The molecule has 0 N–H and O–H groups in total. The van der Waals surface area contributed by atoms with Crippen LogP contribution in [0, 0.1) is 0 Å². The minimum Gasteiger partial charge on any atom is -0.744 e. The second kappa shape index (κ2) is 16.7. The Kier molecular flexibility index (Phi) is 12.9. The summed E-state index contributed by atoms with van der Waals surface area (Å²) in [7, 11) is -12.2. The van der Waals surface area contributed by atoms with E-state index in [0.29, 0.717) is 10.6 Å². The summed E-state index contributed by atoms with van der Waals surface area (Å²) in [5.74, 6) is 0. The zero-order valence-electron chi connectivity index (χ0n) is 24.7. The van der Waals surface area contributed by atoms with Crippen molar-refractivity contribution in [1.82, 2.24) is 0 Å². The Labute approximate surface area is 292 Å². The Morgan fingerprint density at radius 2 is 0.553 bits per heavy atom. The number of hydrogen-bond acceptors (Lipinski definition) is 6. The van der Waals surface area contributed by atoms with Crippen LogP contribution in [0.5, 0.6) is 0 Å². The van der Waals surface area contributed by atoms with Crippen LogP contribution in [0.1, 0.15) is 0 Å². The van der Waals surface area contributed by atoms with E-state index in [1.165, 1.54) is 12.1 Å². The van der Waals surface area contributed by atoms with E-state index in [1.54, 1.807) is 36.4 Å². The van der Waals surface area contributed by atoms with Crippen LogP contribution in [0.2, 0.25) is 0 Å². The summed E-state index contributed by atoms with van der Waals surface area (Å²) in [4.78, 5) is -0.247. The van der Waals surface area contributed by atoms with Crippen molar-refractivity contribution in [1.29, 1.82) is 0 Å². The van der Waals surface area contributed by atoms with Crippen LogP contribution in [-0.4, -0.2) is 25.9 Å². The van der Waals surface area contributed by atoms with Gasteiger partial charge in [-0.3, -0.25) is 0 Å². The fraction of sp³-hybridized carbons (Fsp3) is 0. The molecule has 0 saturated heterocycles. The normalized spacial score (nSPS) is 11.3. The first-order chi connectivity index (χ1) is 22.1. The molecule has 0 spiro atoms. The molecule has 0 aromatic heterocycles. The molecule has 0 saturated carbocycles. The summed E-state index contributed by atoms with van der Waals surface area (Å²) in [5, 5.41) is 5.37. The average molecular weight is 791 g/mol. The van der Waals surface area contributed by atoms with Crippen molar-refractivity contribution in [3.05, 3.63) is 170 Å². The van der Waals surface area contributed by atoms with Gasteiger partial charge in [-0.1, -0.05) is 97.1 Å². The quantitative estimate of drug-likeness (QED) is 0.130. The molecule has 0 aliphatic carbocycles. The zero-order valence-corrected chi connectivity index (χ0v) is 29.9. The summed E-state index contributed by atoms with van der Waals surface area (Å²) in [6.45, 7) is 0. The molecule has 0 heterocycles. The maximum atomic E-state index is 11.7. The van der Waals surface area contributed by atoms with Gasteiger partial charge in [-0.2, -0.15) is 0 Å². The minimum absolute atomic E-state index is 0. The van der Waals surface area contributed by atoms with Gasteiger partial charge in [-0.25, -0.2) is 16.8 Å². The summed E-state index contributed by atoms with van der Waals surface area (Å²) < 4.78 is 70.1. The van der Waals surface area contributed by atoms with Gasteiger partial charge in [-0.15, -0.1) is 0 Å². The van der Waals surface area contributed by atoms with E-state index >= 15 is 0 Å². The van der Waals surface area contributed by atoms with Crippen LogP contribution < -0.4 is 31.8 Å². The fourth-order valence-electron chi connectivity index (χ4n) is 5.16. The van der Waals surface area contributed by atoms with Crippen molar-refractivity contribution in [3.8, 4) is 0 Å². The molecular weight excluding hydrogens is 761 g/mol. The molecule has 11 heteroatoms. The molecule has 6 aromatic rings. The van der Waals surface area contributed by atoms with E-state index in [9.17, 15) is 25.9 Å². The third-order valence-electron chi connectivity index (χ3n) is 7.10. The van der Waals surface area contributed by atoms with E-state index in [-0.39, 0.29) is 30.2 Å². The van der Waals surface area contributed by atoms with Crippen LogP contribution in [0.4, 0.5) is 0 Å². The maximum absolute atomic E-state index is 11.7. The Hall–Kier alpha value is -3.34. The number of benzene rings is 6. The smallest absolute Gasteiger partial charge is 0.744 e. The van der Waals surface area contributed by atoms with Crippen molar-refractivity contribution in [3.63, 3.8) is 0 Å². The summed E-state index contributed by atoms with van der Waals surface area (Å²) in [5.41, 5.74) is 0. The number of rotatable bonds is 8.